The lowest BCUT2D eigenvalue weighted by atomic mass is 10.0. The summed E-state index contributed by atoms with van der Waals surface area (Å²) >= 11 is 0. The quantitative estimate of drug-likeness (QED) is 0.724. The first-order valence-corrected chi connectivity index (χ1v) is 5.55. The maximum atomic E-state index is 11.6. The highest BCUT2D eigenvalue weighted by atomic mass is 16.4. The summed E-state index contributed by atoms with van der Waals surface area (Å²) in [5.74, 6) is -1.09. The van der Waals surface area contributed by atoms with Crippen LogP contribution in [0.15, 0.2) is 47.5 Å². The first kappa shape index (κ1) is 11.2. The molecule has 0 saturated heterocycles. The number of rotatable bonds is 2. The van der Waals surface area contributed by atoms with Crippen molar-refractivity contribution in [3.8, 4) is 5.69 Å². The molecule has 2 N–H and O–H groups in total. The summed E-state index contributed by atoms with van der Waals surface area (Å²) in [6.07, 6.45) is 1.26. The van der Waals surface area contributed by atoms with E-state index in [1.54, 1.807) is 12.1 Å². The van der Waals surface area contributed by atoms with Crippen LogP contribution in [0, 0.1) is 0 Å². The van der Waals surface area contributed by atoms with Crippen molar-refractivity contribution in [2.45, 2.75) is 0 Å². The molecule has 0 atom stereocenters. The van der Waals surface area contributed by atoms with Crippen LogP contribution in [0.5, 0.6) is 0 Å². The first-order chi connectivity index (χ1) is 9.16. The van der Waals surface area contributed by atoms with E-state index in [0.29, 0.717) is 5.69 Å². The molecule has 3 rings (SSSR count). The molecular weight excluding hydrogens is 246 g/mol. The molecule has 2 aromatic carbocycles. The van der Waals surface area contributed by atoms with Crippen molar-refractivity contribution in [2.75, 3.05) is 0 Å². The van der Waals surface area contributed by atoms with Crippen molar-refractivity contribution in [1.29, 1.82) is 0 Å². The molecule has 1 heterocycles. The van der Waals surface area contributed by atoms with Gasteiger partial charge in [0.15, 0.2) is 0 Å². The fourth-order valence-corrected chi connectivity index (χ4v) is 2.02. The summed E-state index contributed by atoms with van der Waals surface area (Å²) in [7, 11) is 0. The molecule has 19 heavy (non-hydrogen) atoms. The highest BCUT2D eigenvalue weighted by Gasteiger charge is 2.14. The van der Waals surface area contributed by atoms with Gasteiger partial charge in [0.05, 0.1) is 11.3 Å². The number of fused-ring (bicyclic) bond motifs is 1. The molecule has 0 aliphatic heterocycles. The Labute approximate surface area is 106 Å². The average molecular weight is 255 g/mol. The topological polar surface area (TPSA) is 88.0 Å². The van der Waals surface area contributed by atoms with Gasteiger partial charge in [-0.1, -0.05) is 24.3 Å². The first-order valence-electron chi connectivity index (χ1n) is 5.55. The Balaban J connectivity index is 2.39. The van der Waals surface area contributed by atoms with Crippen molar-refractivity contribution < 1.29 is 9.90 Å². The number of hydrogen-bond donors (Lipinski definition) is 2. The number of carboxylic acids is 1. The third kappa shape index (κ3) is 1.79. The second-order valence-electron chi connectivity index (χ2n) is 4.05. The fourth-order valence-electron chi connectivity index (χ4n) is 2.02. The lowest BCUT2D eigenvalue weighted by Crippen LogP contribution is -2.17. The Bertz CT molecular complexity index is 832. The highest BCUT2D eigenvalue weighted by Crippen LogP contribution is 2.22. The minimum absolute atomic E-state index is 0.0576. The number of nitrogens with one attached hydrogen (secondary N) is 1. The van der Waals surface area contributed by atoms with Gasteiger partial charge in [-0.2, -0.15) is 5.10 Å². The third-order valence-electron chi connectivity index (χ3n) is 2.91. The predicted octanol–water partition coefficient (Wildman–Crippen LogP) is 1.41. The third-order valence-corrected chi connectivity index (χ3v) is 2.91. The second-order valence-corrected chi connectivity index (χ2v) is 4.05. The normalized spacial score (nSPS) is 10.7. The van der Waals surface area contributed by atoms with Crippen LogP contribution in [0.25, 0.3) is 16.5 Å². The van der Waals surface area contributed by atoms with Gasteiger partial charge < -0.3 is 5.11 Å². The summed E-state index contributed by atoms with van der Waals surface area (Å²) in [5.41, 5.74) is -0.120. The largest absolute Gasteiger partial charge is 0.478 e. The molecular formula is C13H9N3O3. The number of H-pyrrole nitrogens is 1. The fraction of sp³-hybridized carbons (Fsp3) is 0. The van der Waals surface area contributed by atoms with Gasteiger partial charge in [-0.3, -0.25) is 0 Å². The molecule has 94 valence electrons. The van der Waals surface area contributed by atoms with E-state index in [4.69, 9.17) is 0 Å². The van der Waals surface area contributed by atoms with Gasteiger partial charge in [0.2, 0.25) is 0 Å². The van der Waals surface area contributed by atoms with E-state index < -0.39 is 11.7 Å². The molecule has 0 fully saturated rings. The van der Waals surface area contributed by atoms with Gasteiger partial charge in [0.1, 0.15) is 6.33 Å². The van der Waals surface area contributed by atoms with E-state index in [-0.39, 0.29) is 5.56 Å². The van der Waals surface area contributed by atoms with E-state index in [1.165, 1.54) is 10.9 Å². The van der Waals surface area contributed by atoms with Gasteiger partial charge in [0.25, 0.3) is 0 Å². The standard InChI is InChI=1S/C13H9N3O3/c17-12(18)10-5-8-3-1-2-4-9(8)6-11(10)16-7-14-15-13(16)19/h1-7H,(H,15,19)(H,17,18). The molecule has 0 amide bonds. The van der Waals surface area contributed by atoms with Gasteiger partial charge >= 0.3 is 11.7 Å². The minimum atomic E-state index is -1.09. The van der Waals surface area contributed by atoms with Gasteiger partial charge in [-0.25, -0.2) is 19.3 Å². The number of aromatic carboxylic acids is 1. The number of carbonyl (C=O) groups is 1. The molecule has 0 aliphatic rings. The smallest absolute Gasteiger partial charge is 0.347 e. The van der Waals surface area contributed by atoms with Crippen molar-refractivity contribution in [3.63, 3.8) is 0 Å². The van der Waals surface area contributed by atoms with Crippen LogP contribution in [0.4, 0.5) is 0 Å². The zero-order valence-corrected chi connectivity index (χ0v) is 9.70. The van der Waals surface area contributed by atoms with Crippen LogP contribution in [0.2, 0.25) is 0 Å². The van der Waals surface area contributed by atoms with E-state index in [2.05, 4.69) is 10.2 Å². The van der Waals surface area contributed by atoms with Crippen molar-refractivity contribution in [3.05, 3.63) is 58.8 Å². The molecule has 0 radical (unpaired) electrons. The van der Waals surface area contributed by atoms with Gasteiger partial charge in [-0.15, -0.1) is 0 Å². The number of carboxylic acid groups (broad SMARTS) is 1. The molecule has 6 nitrogen and oxygen atoms in total. The van der Waals surface area contributed by atoms with Crippen LogP contribution in [0.3, 0.4) is 0 Å². The number of aromatic nitrogens is 3. The van der Waals surface area contributed by atoms with Crippen LogP contribution in [0.1, 0.15) is 10.4 Å². The van der Waals surface area contributed by atoms with Crippen molar-refractivity contribution >= 4 is 16.7 Å². The average Bonchev–Trinajstić information content (AvgIpc) is 2.83. The van der Waals surface area contributed by atoms with Crippen LogP contribution < -0.4 is 5.69 Å². The number of nitrogens with zero attached hydrogens (tertiary/aromatic N) is 2. The molecule has 3 aromatic rings. The SMILES string of the molecule is O=C(O)c1cc2ccccc2cc1-n1cn[nH]c1=O. The maximum absolute atomic E-state index is 11.6. The molecule has 0 aliphatic carbocycles. The molecule has 6 heteroatoms. The molecule has 0 unspecified atom stereocenters. The summed E-state index contributed by atoms with van der Waals surface area (Å²) < 4.78 is 1.18. The zero-order chi connectivity index (χ0) is 13.4. The number of benzene rings is 2. The Morgan fingerprint density at radius 3 is 2.47 bits per heavy atom. The lowest BCUT2D eigenvalue weighted by Gasteiger charge is -2.07. The maximum Gasteiger partial charge on any atom is 0.347 e. The minimum Gasteiger partial charge on any atom is -0.478 e. The van der Waals surface area contributed by atoms with E-state index in [1.807, 2.05) is 24.3 Å². The molecule has 1 aromatic heterocycles. The van der Waals surface area contributed by atoms with Crippen LogP contribution >= 0.6 is 0 Å². The van der Waals surface area contributed by atoms with Crippen LogP contribution in [-0.4, -0.2) is 25.8 Å². The Morgan fingerprint density at radius 2 is 1.89 bits per heavy atom. The summed E-state index contributed by atoms with van der Waals surface area (Å²) in [5, 5.41) is 16.8. The Hall–Kier alpha value is -2.89. The van der Waals surface area contributed by atoms with Crippen LogP contribution in [-0.2, 0) is 0 Å². The zero-order valence-electron chi connectivity index (χ0n) is 9.70. The van der Waals surface area contributed by atoms with Gasteiger partial charge in [-0.05, 0) is 22.9 Å². The van der Waals surface area contributed by atoms with Gasteiger partial charge in [0, 0.05) is 0 Å². The Kier molecular flexibility index (Phi) is 2.42. The lowest BCUT2D eigenvalue weighted by molar-refractivity contribution is 0.0697. The van der Waals surface area contributed by atoms with Crippen molar-refractivity contribution in [2.24, 2.45) is 0 Å². The molecule has 0 bridgehead atoms. The highest BCUT2D eigenvalue weighted by molar-refractivity contribution is 5.98. The van der Waals surface area contributed by atoms with Crippen molar-refractivity contribution in [1.82, 2.24) is 14.8 Å². The summed E-state index contributed by atoms with van der Waals surface area (Å²) in [6.45, 7) is 0. The predicted molar refractivity (Wildman–Crippen MR) is 68.7 cm³/mol. The molecule has 0 spiro atoms. The monoisotopic (exact) mass is 255 g/mol. The summed E-state index contributed by atoms with van der Waals surface area (Å²) in [4.78, 5) is 22.9. The Morgan fingerprint density at radius 1 is 1.21 bits per heavy atom. The molecule has 0 saturated carbocycles. The second kappa shape index (κ2) is 4.09. The number of aromatic amines is 1. The van der Waals surface area contributed by atoms with E-state index >= 15 is 0 Å². The summed E-state index contributed by atoms with van der Waals surface area (Å²) in [6, 6.07) is 10.6. The van der Waals surface area contributed by atoms with E-state index in [9.17, 15) is 14.7 Å². The van der Waals surface area contributed by atoms with E-state index in [0.717, 1.165) is 10.8 Å². The number of hydrogen-bond acceptors (Lipinski definition) is 3.